The minimum Gasteiger partial charge on any atom is -0.352 e. The predicted molar refractivity (Wildman–Crippen MR) is 154 cm³/mol. The fourth-order valence-corrected chi connectivity index (χ4v) is 6.89. The van der Waals surface area contributed by atoms with Gasteiger partial charge in [-0.3, -0.25) is 24.5 Å². The molecule has 8 nitrogen and oxygen atoms in total. The van der Waals surface area contributed by atoms with Crippen LogP contribution >= 0.6 is 0 Å². The van der Waals surface area contributed by atoms with Gasteiger partial charge in [0.2, 0.25) is 5.91 Å². The van der Waals surface area contributed by atoms with Gasteiger partial charge in [0, 0.05) is 29.1 Å². The molecule has 1 saturated heterocycles. The number of ketones is 2. The quantitative estimate of drug-likeness (QED) is 0.194. The number of non-ortho nitro benzene ring substituents is 1. The number of Topliss-reactive ketones (excluding diaryl/α,β-unsaturated/α-hetero) is 2. The van der Waals surface area contributed by atoms with E-state index in [0.29, 0.717) is 16.9 Å². The molecule has 3 aliphatic rings. The summed E-state index contributed by atoms with van der Waals surface area (Å²) in [5, 5.41) is 14.5. The summed E-state index contributed by atoms with van der Waals surface area (Å²) >= 11 is 0. The highest BCUT2D eigenvalue weighted by atomic mass is 19.1. The van der Waals surface area contributed by atoms with Crippen LogP contribution in [0.2, 0.25) is 0 Å². The van der Waals surface area contributed by atoms with Gasteiger partial charge in [-0.1, -0.05) is 72.8 Å². The molecule has 42 heavy (non-hydrogen) atoms. The third-order valence-corrected chi connectivity index (χ3v) is 8.57. The van der Waals surface area contributed by atoms with Crippen LogP contribution in [0.5, 0.6) is 0 Å². The van der Waals surface area contributed by atoms with Gasteiger partial charge in [0.25, 0.3) is 5.69 Å². The maximum Gasteiger partial charge on any atom is 0.270 e. The van der Waals surface area contributed by atoms with Crippen molar-refractivity contribution in [1.29, 1.82) is 0 Å². The normalized spacial score (nSPS) is 23.2. The molecular formula is C33H22FN3O5. The molecule has 7 rings (SSSR count). The molecule has 206 valence electrons. The third kappa shape index (κ3) is 3.43. The zero-order valence-corrected chi connectivity index (χ0v) is 21.9. The zero-order valence-electron chi connectivity index (χ0n) is 21.9. The Labute approximate surface area is 239 Å². The number of carbonyl (C=O) groups is 3. The first-order chi connectivity index (χ1) is 20.3. The number of nitrogens with one attached hydrogen (secondary N) is 1. The Balaban J connectivity index is 1.55. The van der Waals surface area contributed by atoms with E-state index in [4.69, 9.17) is 0 Å². The summed E-state index contributed by atoms with van der Waals surface area (Å²) < 4.78 is 15.2. The molecule has 1 fully saturated rings. The lowest BCUT2D eigenvalue weighted by atomic mass is 9.64. The molecule has 1 N–H and O–H groups in total. The van der Waals surface area contributed by atoms with Crippen LogP contribution in [0, 0.1) is 21.8 Å². The maximum atomic E-state index is 15.2. The molecule has 3 heterocycles. The fraction of sp³-hybridized carbons (Fsp3) is 0.121. The van der Waals surface area contributed by atoms with Gasteiger partial charge in [-0.25, -0.2) is 4.39 Å². The fourth-order valence-electron chi connectivity index (χ4n) is 6.89. The number of hydrogen-bond acceptors (Lipinski definition) is 6. The highest BCUT2D eigenvalue weighted by molar-refractivity contribution is 6.18. The molecule has 4 atom stereocenters. The summed E-state index contributed by atoms with van der Waals surface area (Å²) in [5.41, 5.74) is 0.281. The van der Waals surface area contributed by atoms with Crippen molar-refractivity contribution in [2.24, 2.45) is 5.92 Å². The predicted octanol–water partition coefficient (Wildman–Crippen LogP) is 5.59. The van der Waals surface area contributed by atoms with Gasteiger partial charge in [-0.05, 0) is 35.4 Å². The average molecular weight is 560 g/mol. The number of hydrogen-bond donors (Lipinski definition) is 1. The van der Waals surface area contributed by atoms with Crippen molar-refractivity contribution in [3.05, 3.63) is 141 Å². The Kier molecular flexibility index (Phi) is 5.65. The number of rotatable bonds is 5. The molecule has 0 aliphatic carbocycles. The first kappa shape index (κ1) is 25.5. The molecule has 3 aliphatic heterocycles. The Hall–Kier alpha value is -5.44. The number of fused-ring (bicyclic) bond motifs is 6. The summed E-state index contributed by atoms with van der Waals surface area (Å²) in [6.45, 7) is 0. The molecule has 0 unspecified atom stereocenters. The number of halogens is 1. The number of carbonyl (C=O) groups excluding carboxylic acids is 3. The highest BCUT2D eigenvalue weighted by Gasteiger charge is 2.70. The van der Waals surface area contributed by atoms with Crippen LogP contribution in [0.1, 0.15) is 31.8 Å². The van der Waals surface area contributed by atoms with Gasteiger partial charge in [-0.15, -0.1) is 0 Å². The largest absolute Gasteiger partial charge is 0.352 e. The van der Waals surface area contributed by atoms with Crippen LogP contribution in [-0.2, 0) is 10.2 Å². The Morgan fingerprint density at radius 2 is 1.64 bits per heavy atom. The van der Waals surface area contributed by atoms with Crippen molar-refractivity contribution in [3.63, 3.8) is 0 Å². The Morgan fingerprint density at radius 1 is 0.905 bits per heavy atom. The van der Waals surface area contributed by atoms with Gasteiger partial charge < -0.3 is 10.2 Å². The van der Waals surface area contributed by atoms with Crippen LogP contribution in [-0.4, -0.2) is 34.5 Å². The molecule has 9 heteroatoms. The minimum atomic E-state index is -1.60. The summed E-state index contributed by atoms with van der Waals surface area (Å²) in [6, 6.07) is 23.0. The van der Waals surface area contributed by atoms with E-state index in [2.05, 4.69) is 5.32 Å². The second-order valence-electron chi connectivity index (χ2n) is 10.6. The van der Waals surface area contributed by atoms with Gasteiger partial charge in [0.05, 0.1) is 22.4 Å². The lowest BCUT2D eigenvalue weighted by molar-refractivity contribution is -0.384. The Morgan fingerprint density at radius 3 is 2.45 bits per heavy atom. The van der Waals surface area contributed by atoms with E-state index in [1.165, 1.54) is 42.5 Å². The van der Waals surface area contributed by atoms with Gasteiger partial charge >= 0.3 is 0 Å². The van der Waals surface area contributed by atoms with Crippen LogP contribution in [0.15, 0.2) is 103 Å². The number of amides is 1. The SMILES string of the molecule is O=C(c1ccccc1F)[C@@H]1[C@@H](C(=O)c2cccc([N+](=O)[O-])c2)[C@]2(C(=O)Nc3ccccc32)[C@H]2C=Cc3ccccc3N12. The summed E-state index contributed by atoms with van der Waals surface area (Å²) in [4.78, 5) is 56.3. The average Bonchev–Trinajstić information content (AvgIpc) is 3.49. The van der Waals surface area contributed by atoms with Gasteiger partial charge in [-0.2, -0.15) is 0 Å². The van der Waals surface area contributed by atoms with Crippen molar-refractivity contribution < 1.29 is 23.7 Å². The number of anilines is 2. The maximum absolute atomic E-state index is 15.2. The standard InChI is InChI=1S/C33H22FN3O5/c34-24-13-4-2-11-22(24)31(39)29-28(30(38)20-9-7-10-21(18-20)37(41)42)33(23-12-3-5-14-25(23)35-32(33)40)27-17-16-19-8-1-6-15-26(19)36(27)29/h1-18,27-29H,(H,35,40)/t27-,28+,29+,33-/m1/s1. The molecule has 4 aromatic carbocycles. The van der Waals surface area contributed by atoms with Gasteiger partial charge in [0.1, 0.15) is 17.3 Å². The summed E-state index contributed by atoms with van der Waals surface area (Å²) in [7, 11) is 0. The van der Waals surface area contributed by atoms with Crippen molar-refractivity contribution in [3.8, 4) is 0 Å². The van der Waals surface area contributed by atoms with Crippen LogP contribution in [0.3, 0.4) is 0 Å². The Bertz CT molecular complexity index is 1870. The van der Waals surface area contributed by atoms with Crippen LogP contribution in [0.4, 0.5) is 21.5 Å². The first-order valence-electron chi connectivity index (χ1n) is 13.4. The van der Waals surface area contributed by atoms with E-state index >= 15 is 4.39 Å². The van der Waals surface area contributed by atoms with Crippen LogP contribution in [0.25, 0.3) is 6.08 Å². The molecule has 0 radical (unpaired) electrons. The lowest BCUT2D eigenvalue weighted by Gasteiger charge is -2.37. The molecule has 0 aromatic heterocycles. The number of para-hydroxylation sites is 2. The van der Waals surface area contributed by atoms with Crippen molar-refractivity contribution in [1.82, 2.24) is 0 Å². The highest BCUT2D eigenvalue weighted by Crippen LogP contribution is 2.58. The molecule has 4 aromatic rings. The monoisotopic (exact) mass is 559 g/mol. The van der Waals surface area contributed by atoms with E-state index in [9.17, 15) is 24.5 Å². The number of nitrogens with zero attached hydrogens (tertiary/aromatic N) is 2. The van der Waals surface area contributed by atoms with E-state index in [0.717, 1.165) is 11.6 Å². The van der Waals surface area contributed by atoms with Crippen molar-refractivity contribution in [2.75, 3.05) is 10.2 Å². The van der Waals surface area contributed by atoms with E-state index in [1.54, 1.807) is 41.3 Å². The second-order valence-corrected chi connectivity index (χ2v) is 10.6. The molecule has 0 saturated carbocycles. The number of benzene rings is 4. The van der Waals surface area contributed by atoms with Crippen LogP contribution < -0.4 is 10.2 Å². The first-order valence-corrected chi connectivity index (χ1v) is 13.4. The number of nitro benzene ring substituents is 1. The lowest BCUT2D eigenvalue weighted by Crippen LogP contribution is -2.51. The van der Waals surface area contributed by atoms with Crippen molar-refractivity contribution in [2.45, 2.75) is 17.5 Å². The number of nitro groups is 1. The minimum absolute atomic E-state index is 0.0193. The molecule has 1 spiro atoms. The van der Waals surface area contributed by atoms with Gasteiger partial charge in [0.15, 0.2) is 11.6 Å². The molecule has 0 bridgehead atoms. The third-order valence-electron chi connectivity index (χ3n) is 8.57. The second kappa shape index (κ2) is 9.31. The van der Waals surface area contributed by atoms with E-state index in [-0.39, 0.29) is 16.8 Å². The summed E-state index contributed by atoms with van der Waals surface area (Å²) in [6.07, 6.45) is 3.67. The molecular weight excluding hydrogens is 537 g/mol. The zero-order chi connectivity index (χ0) is 29.2. The van der Waals surface area contributed by atoms with E-state index < -0.39 is 51.6 Å². The topological polar surface area (TPSA) is 110 Å². The smallest absolute Gasteiger partial charge is 0.270 e. The summed E-state index contributed by atoms with van der Waals surface area (Å²) in [5.74, 6) is -3.88. The molecule has 1 amide bonds. The van der Waals surface area contributed by atoms with Crippen molar-refractivity contribution >= 4 is 40.6 Å². The van der Waals surface area contributed by atoms with E-state index in [1.807, 2.05) is 24.3 Å².